The fourth-order valence-electron chi connectivity index (χ4n) is 1.73. The number of aliphatic hydroxyl groups is 1. The van der Waals surface area contributed by atoms with E-state index in [1.807, 2.05) is 0 Å². The largest absolute Gasteiger partial charge is 0.489 e. The van der Waals surface area contributed by atoms with Gasteiger partial charge in [0.15, 0.2) is 16.7 Å². The summed E-state index contributed by atoms with van der Waals surface area (Å²) in [6.45, 7) is 3.31. The maximum absolute atomic E-state index is 13.9. The van der Waals surface area contributed by atoms with Crippen LogP contribution in [0.5, 0.6) is 5.75 Å². The summed E-state index contributed by atoms with van der Waals surface area (Å²) in [7, 11) is 0. The van der Waals surface area contributed by atoms with Crippen LogP contribution in [0.25, 0.3) is 0 Å². The number of aliphatic hydroxyl groups excluding tert-OH is 1. The van der Waals surface area contributed by atoms with Crippen molar-refractivity contribution in [2.24, 2.45) is 0 Å². The molecule has 0 bridgehead atoms. The molecule has 2 rings (SSSR count). The highest BCUT2D eigenvalue weighted by Gasteiger charge is 2.41. The van der Waals surface area contributed by atoms with Crippen molar-refractivity contribution in [2.45, 2.75) is 19.3 Å². The van der Waals surface area contributed by atoms with Crippen LogP contribution in [0, 0.1) is 12.7 Å². The lowest BCUT2D eigenvalue weighted by molar-refractivity contribution is 0.169. The van der Waals surface area contributed by atoms with Crippen molar-refractivity contribution in [1.29, 1.82) is 0 Å². The van der Waals surface area contributed by atoms with Crippen molar-refractivity contribution < 1.29 is 14.2 Å². The maximum atomic E-state index is 13.9. The standard InChI is InChI=1S/C10H11ClFNO2/c1-5-7(12)6-8(9(11)13-5)15-4-10(6,2)3-14/h14H,3-4H2,1-2H3. The van der Waals surface area contributed by atoms with Gasteiger partial charge in [0.25, 0.3) is 0 Å². The fraction of sp³-hybridized carbons (Fsp3) is 0.500. The summed E-state index contributed by atoms with van der Waals surface area (Å²) in [5, 5.41) is 9.42. The van der Waals surface area contributed by atoms with E-state index >= 15 is 0 Å². The van der Waals surface area contributed by atoms with E-state index in [0.29, 0.717) is 5.56 Å². The second kappa shape index (κ2) is 3.32. The Bertz CT molecular complexity index is 424. The zero-order chi connectivity index (χ0) is 11.2. The Morgan fingerprint density at radius 1 is 1.67 bits per heavy atom. The maximum Gasteiger partial charge on any atom is 0.171 e. The quantitative estimate of drug-likeness (QED) is 0.750. The number of hydrogen-bond donors (Lipinski definition) is 1. The van der Waals surface area contributed by atoms with Crippen molar-refractivity contribution in [2.75, 3.05) is 13.2 Å². The molecule has 1 N–H and O–H groups in total. The van der Waals surface area contributed by atoms with Crippen molar-refractivity contribution in [3.63, 3.8) is 0 Å². The Morgan fingerprint density at radius 3 is 2.93 bits per heavy atom. The number of hydrogen-bond acceptors (Lipinski definition) is 3. The molecule has 1 aromatic rings. The number of aromatic nitrogens is 1. The van der Waals surface area contributed by atoms with E-state index in [4.69, 9.17) is 16.3 Å². The van der Waals surface area contributed by atoms with E-state index in [1.54, 1.807) is 6.92 Å². The molecular formula is C10H11ClFNO2. The summed E-state index contributed by atoms with van der Waals surface area (Å²) in [4.78, 5) is 3.83. The smallest absolute Gasteiger partial charge is 0.171 e. The molecule has 1 aliphatic rings. The number of ether oxygens (including phenoxy) is 1. The lowest BCUT2D eigenvalue weighted by atomic mass is 9.85. The molecule has 0 spiro atoms. The van der Waals surface area contributed by atoms with Crippen LogP contribution in [0.15, 0.2) is 0 Å². The van der Waals surface area contributed by atoms with E-state index in [0.717, 1.165) is 0 Å². The molecule has 1 aliphatic heterocycles. The van der Waals surface area contributed by atoms with Crippen LogP contribution in [-0.4, -0.2) is 23.3 Å². The molecule has 3 nitrogen and oxygen atoms in total. The number of aryl methyl sites for hydroxylation is 1. The molecule has 0 fully saturated rings. The van der Waals surface area contributed by atoms with E-state index in [1.165, 1.54) is 6.92 Å². The van der Waals surface area contributed by atoms with Crippen LogP contribution >= 0.6 is 11.6 Å². The highest BCUT2D eigenvalue weighted by Crippen LogP contribution is 2.44. The number of pyridine rings is 1. The number of fused-ring (bicyclic) bond motifs is 1. The van der Waals surface area contributed by atoms with E-state index in [9.17, 15) is 9.50 Å². The zero-order valence-electron chi connectivity index (χ0n) is 8.47. The van der Waals surface area contributed by atoms with Gasteiger partial charge in [-0.25, -0.2) is 9.37 Å². The molecule has 1 unspecified atom stereocenters. The minimum atomic E-state index is -0.725. The van der Waals surface area contributed by atoms with Gasteiger partial charge in [-0.15, -0.1) is 0 Å². The van der Waals surface area contributed by atoms with Crippen molar-refractivity contribution >= 4 is 11.6 Å². The summed E-state index contributed by atoms with van der Waals surface area (Å²) in [6, 6.07) is 0. The molecule has 0 saturated carbocycles. The number of halogens is 2. The topological polar surface area (TPSA) is 42.4 Å². The average Bonchev–Trinajstić information content (AvgIpc) is 2.55. The van der Waals surface area contributed by atoms with Gasteiger partial charge in [-0.2, -0.15) is 0 Å². The van der Waals surface area contributed by atoms with Crippen molar-refractivity contribution in [3.05, 3.63) is 22.2 Å². The molecule has 0 aromatic carbocycles. The number of rotatable bonds is 1. The highest BCUT2D eigenvalue weighted by atomic mass is 35.5. The molecule has 1 atom stereocenters. The summed E-state index contributed by atoms with van der Waals surface area (Å²) in [5.41, 5.74) is -0.164. The molecule has 0 amide bonds. The summed E-state index contributed by atoms with van der Waals surface area (Å²) in [5.74, 6) is -0.181. The third-order valence-corrected chi connectivity index (χ3v) is 2.96. The van der Waals surface area contributed by atoms with Crippen LogP contribution < -0.4 is 4.74 Å². The van der Waals surface area contributed by atoms with E-state index < -0.39 is 11.2 Å². The van der Waals surface area contributed by atoms with Gasteiger partial charge in [0.1, 0.15) is 6.61 Å². The van der Waals surface area contributed by atoms with Gasteiger partial charge < -0.3 is 9.84 Å². The minimum Gasteiger partial charge on any atom is -0.489 e. The van der Waals surface area contributed by atoms with Crippen LogP contribution in [0.4, 0.5) is 4.39 Å². The lowest BCUT2D eigenvalue weighted by Gasteiger charge is -2.19. The van der Waals surface area contributed by atoms with Crippen LogP contribution in [0.3, 0.4) is 0 Å². The molecule has 1 aromatic heterocycles. The summed E-state index contributed by atoms with van der Waals surface area (Å²) >= 11 is 5.85. The first-order chi connectivity index (χ1) is 6.99. The van der Waals surface area contributed by atoms with Gasteiger partial charge >= 0.3 is 0 Å². The zero-order valence-corrected chi connectivity index (χ0v) is 9.23. The average molecular weight is 232 g/mol. The Hall–Kier alpha value is -0.870. The molecule has 0 aliphatic carbocycles. The van der Waals surface area contributed by atoms with Gasteiger partial charge in [0.2, 0.25) is 0 Å². The van der Waals surface area contributed by atoms with Crippen LogP contribution in [0.2, 0.25) is 5.15 Å². The Kier molecular flexibility index (Phi) is 2.35. The second-order valence-corrected chi connectivity index (χ2v) is 4.37. The van der Waals surface area contributed by atoms with Crippen LogP contribution in [0.1, 0.15) is 18.2 Å². The van der Waals surface area contributed by atoms with Crippen molar-refractivity contribution in [1.82, 2.24) is 4.98 Å². The van der Waals surface area contributed by atoms with Gasteiger partial charge in [-0.1, -0.05) is 11.6 Å². The predicted octanol–water partition coefficient (Wildman–Crippen LogP) is 1.82. The van der Waals surface area contributed by atoms with Gasteiger partial charge in [-0.3, -0.25) is 0 Å². The predicted molar refractivity (Wildman–Crippen MR) is 53.9 cm³/mol. The normalized spacial score (nSPS) is 23.8. The van der Waals surface area contributed by atoms with Gasteiger partial charge in [0.05, 0.1) is 17.7 Å². The monoisotopic (exact) mass is 231 g/mol. The minimum absolute atomic E-state index is 0.154. The SMILES string of the molecule is Cc1nc(Cl)c2c(c1F)C(C)(CO)CO2. The Balaban J connectivity index is 2.71. The summed E-state index contributed by atoms with van der Waals surface area (Å²) in [6.07, 6.45) is 0. The Labute approximate surface area is 91.8 Å². The molecule has 82 valence electrons. The molecule has 2 heterocycles. The lowest BCUT2D eigenvalue weighted by Crippen LogP contribution is -2.29. The third kappa shape index (κ3) is 1.40. The first-order valence-electron chi connectivity index (χ1n) is 4.59. The molecular weight excluding hydrogens is 221 g/mol. The van der Waals surface area contributed by atoms with Gasteiger partial charge in [0, 0.05) is 5.56 Å². The molecule has 0 radical (unpaired) electrons. The fourth-order valence-corrected chi connectivity index (χ4v) is 2.01. The first-order valence-corrected chi connectivity index (χ1v) is 4.97. The second-order valence-electron chi connectivity index (χ2n) is 4.01. The van der Waals surface area contributed by atoms with Crippen molar-refractivity contribution in [3.8, 4) is 5.75 Å². The van der Waals surface area contributed by atoms with E-state index in [-0.39, 0.29) is 29.8 Å². The molecule has 0 saturated heterocycles. The summed E-state index contributed by atoms with van der Waals surface area (Å²) < 4.78 is 19.1. The van der Waals surface area contributed by atoms with Gasteiger partial charge in [-0.05, 0) is 13.8 Å². The Morgan fingerprint density at radius 2 is 2.33 bits per heavy atom. The molecule has 15 heavy (non-hydrogen) atoms. The van der Waals surface area contributed by atoms with Crippen LogP contribution in [-0.2, 0) is 5.41 Å². The number of nitrogens with zero attached hydrogens (tertiary/aromatic N) is 1. The highest BCUT2D eigenvalue weighted by molar-refractivity contribution is 6.31. The van der Waals surface area contributed by atoms with E-state index in [2.05, 4.69) is 4.98 Å². The first kappa shape index (κ1) is 10.6. The molecule has 5 heteroatoms. The third-order valence-electron chi connectivity index (χ3n) is 2.71.